The highest BCUT2D eigenvalue weighted by Crippen LogP contribution is 2.10. The Bertz CT molecular complexity index is 518. The summed E-state index contributed by atoms with van der Waals surface area (Å²) in [6.45, 7) is 4.35. The minimum Gasteiger partial charge on any atom is -0.463 e. The number of hydrogen-bond donors (Lipinski definition) is 1. The molecule has 0 aromatic heterocycles. The Labute approximate surface area is 111 Å². The molecule has 0 bridgehead atoms. The summed E-state index contributed by atoms with van der Waals surface area (Å²) in [6.07, 6.45) is 1.35. The van der Waals surface area contributed by atoms with Gasteiger partial charge in [0.25, 0.3) is 0 Å². The molecule has 0 fully saturated rings. The lowest BCUT2D eigenvalue weighted by molar-refractivity contribution is -0.137. The summed E-state index contributed by atoms with van der Waals surface area (Å²) in [5.74, 6) is 0.178. The molecule has 0 radical (unpaired) electrons. The van der Waals surface area contributed by atoms with Gasteiger partial charge in [-0.2, -0.15) is 0 Å². The molecule has 0 aliphatic carbocycles. The van der Waals surface area contributed by atoms with Gasteiger partial charge < -0.3 is 4.74 Å². The van der Waals surface area contributed by atoms with Crippen LogP contribution < -0.4 is 5.48 Å². The highest BCUT2D eigenvalue weighted by Gasteiger charge is 2.12. The van der Waals surface area contributed by atoms with Crippen molar-refractivity contribution in [3.8, 4) is 0 Å². The van der Waals surface area contributed by atoms with Crippen molar-refractivity contribution in [1.29, 1.82) is 0 Å². The Morgan fingerprint density at radius 2 is 2.21 bits per heavy atom. The number of hydrogen-bond acceptors (Lipinski definition) is 5. The molecule has 1 aliphatic heterocycles. The van der Waals surface area contributed by atoms with Crippen LogP contribution in [0.3, 0.4) is 0 Å². The largest absolute Gasteiger partial charge is 0.463 e. The summed E-state index contributed by atoms with van der Waals surface area (Å²) in [5, 5.41) is 0. The predicted octanol–water partition coefficient (Wildman–Crippen LogP) is 1.72. The van der Waals surface area contributed by atoms with Gasteiger partial charge in [0, 0.05) is 11.6 Å². The fraction of sp³-hybridized carbons (Fsp3) is 0.286. The number of aliphatic imine (C=N–C) groups is 1. The van der Waals surface area contributed by atoms with Crippen molar-refractivity contribution in [2.45, 2.75) is 13.8 Å². The Balaban J connectivity index is 2.19. The fourth-order valence-corrected chi connectivity index (χ4v) is 1.61. The molecule has 1 aromatic rings. The van der Waals surface area contributed by atoms with Crippen LogP contribution in [0.25, 0.3) is 0 Å². The lowest BCUT2D eigenvalue weighted by Gasteiger charge is -2.16. The zero-order valence-electron chi connectivity index (χ0n) is 11.0. The number of nitrogens with one attached hydrogen (secondary N) is 1. The standard InChI is InChI=1S/C14H16N2O3/c1-3-18-13(17)8-12-9-19-16-14(15-12)11-6-4-10(2)5-7-11/h4-8H,3,9H2,1-2H3,(H,15,16)/b12-8-. The molecule has 5 nitrogen and oxygen atoms in total. The Morgan fingerprint density at radius 3 is 2.89 bits per heavy atom. The average molecular weight is 260 g/mol. The SMILES string of the molecule is CCOC(=O)/C=C1/CONC(c2ccc(C)cc2)=N1. The molecule has 0 saturated carbocycles. The molecular formula is C14H16N2O3. The van der Waals surface area contributed by atoms with Gasteiger partial charge in [-0.15, -0.1) is 0 Å². The van der Waals surface area contributed by atoms with Crippen LogP contribution in [-0.2, 0) is 14.4 Å². The number of hydroxylamine groups is 1. The smallest absolute Gasteiger partial charge is 0.332 e. The van der Waals surface area contributed by atoms with Crippen LogP contribution in [0.15, 0.2) is 41.0 Å². The summed E-state index contributed by atoms with van der Waals surface area (Å²) < 4.78 is 4.84. The van der Waals surface area contributed by atoms with E-state index < -0.39 is 5.97 Å². The van der Waals surface area contributed by atoms with E-state index >= 15 is 0 Å². The van der Waals surface area contributed by atoms with E-state index in [0.29, 0.717) is 18.1 Å². The van der Waals surface area contributed by atoms with Crippen molar-refractivity contribution in [2.24, 2.45) is 4.99 Å². The van der Waals surface area contributed by atoms with Crippen LogP contribution in [0.4, 0.5) is 0 Å². The van der Waals surface area contributed by atoms with Crippen LogP contribution in [0.2, 0.25) is 0 Å². The molecule has 0 unspecified atom stereocenters. The summed E-state index contributed by atoms with van der Waals surface area (Å²) in [6, 6.07) is 7.86. The third-order valence-corrected chi connectivity index (χ3v) is 2.54. The Kier molecular flexibility index (Phi) is 4.30. The van der Waals surface area contributed by atoms with Gasteiger partial charge in [-0.05, 0) is 13.8 Å². The zero-order valence-corrected chi connectivity index (χ0v) is 11.0. The maximum Gasteiger partial charge on any atom is 0.332 e. The molecule has 0 spiro atoms. The molecule has 0 saturated heterocycles. The average Bonchev–Trinajstić information content (AvgIpc) is 2.40. The summed E-state index contributed by atoms with van der Waals surface area (Å²) >= 11 is 0. The van der Waals surface area contributed by atoms with E-state index in [1.165, 1.54) is 11.6 Å². The van der Waals surface area contributed by atoms with Crippen molar-refractivity contribution >= 4 is 11.8 Å². The molecule has 1 aliphatic rings. The van der Waals surface area contributed by atoms with Crippen LogP contribution in [0.1, 0.15) is 18.1 Å². The van der Waals surface area contributed by atoms with Crippen LogP contribution in [-0.4, -0.2) is 25.0 Å². The van der Waals surface area contributed by atoms with Crippen molar-refractivity contribution < 1.29 is 14.4 Å². The molecule has 2 rings (SSSR count). The normalized spacial score (nSPS) is 16.7. The van der Waals surface area contributed by atoms with Crippen molar-refractivity contribution in [1.82, 2.24) is 5.48 Å². The highest BCUT2D eigenvalue weighted by molar-refractivity contribution is 5.99. The second kappa shape index (κ2) is 6.15. The second-order valence-electron chi connectivity index (χ2n) is 4.10. The Hall–Kier alpha value is -2.14. The number of benzene rings is 1. The number of nitrogens with zero attached hydrogens (tertiary/aromatic N) is 1. The first kappa shape index (κ1) is 13.3. The molecular weight excluding hydrogens is 244 g/mol. The van der Waals surface area contributed by atoms with E-state index in [-0.39, 0.29) is 6.61 Å². The van der Waals surface area contributed by atoms with Crippen LogP contribution >= 0.6 is 0 Å². The minimum absolute atomic E-state index is 0.230. The fourth-order valence-electron chi connectivity index (χ4n) is 1.61. The predicted molar refractivity (Wildman–Crippen MR) is 71.5 cm³/mol. The molecule has 5 heteroatoms. The molecule has 1 N–H and O–H groups in total. The number of carbonyl (C=O) groups is 1. The first-order valence-electron chi connectivity index (χ1n) is 6.10. The van der Waals surface area contributed by atoms with Crippen LogP contribution in [0, 0.1) is 6.92 Å². The Morgan fingerprint density at radius 1 is 1.47 bits per heavy atom. The van der Waals surface area contributed by atoms with Crippen molar-refractivity contribution in [3.63, 3.8) is 0 Å². The van der Waals surface area contributed by atoms with Gasteiger partial charge in [0.15, 0.2) is 5.84 Å². The van der Waals surface area contributed by atoms with Gasteiger partial charge in [0.1, 0.15) is 6.61 Å². The molecule has 0 amide bonds. The molecule has 1 aromatic carbocycles. The molecule has 1 heterocycles. The summed E-state index contributed by atoms with van der Waals surface area (Å²) in [4.78, 5) is 20.9. The van der Waals surface area contributed by atoms with Gasteiger partial charge in [0.05, 0.1) is 12.3 Å². The lowest BCUT2D eigenvalue weighted by Crippen LogP contribution is -2.30. The summed E-state index contributed by atoms with van der Waals surface area (Å²) in [5.41, 5.74) is 5.35. The summed E-state index contributed by atoms with van der Waals surface area (Å²) in [7, 11) is 0. The van der Waals surface area contributed by atoms with Crippen LogP contribution in [0.5, 0.6) is 0 Å². The quantitative estimate of drug-likeness (QED) is 0.664. The molecule has 0 atom stereocenters. The maximum absolute atomic E-state index is 11.4. The highest BCUT2D eigenvalue weighted by atomic mass is 16.6. The van der Waals surface area contributed by atoms with E-state index in [9.17, 15) is 4.79 Å². The van der Waals surface area contributed by atoms with Gasteiger partial charge in [-0.25, -0.2) is 15.3 Å². The molecule has 19 heavy (non-hydrogen) atoms. The van der Waals surface area contributed by atoms with Gasteiger partial charge in [-0.1, -0.05) is 29.8 Å². The topological polar surface area (TPSA) is 59.9 Å². The number of aryl methyl sites for hydroxylation is 1. The number of carbonyl (C=O) groups excluding carboxylic acids is 1. The first-order chi connectivity index (χ1) is 9.19. The third-order valence-electron chi connectivity index (χ3n) is 2.54. The van der Waals surface area contributed by atoms with Crippen molar-refractivity contribution in [2.75, 3.05) is 13.2 Å². The monoisotopic (exact) mass is 260 g/mol. The maximum atomic E-state index is 11.4. The number of esters is 1. The number of ether oxygens (including phenoxy) is 1. The van der Waals surface area contributed by atoms with E-state index in [0.717, 1.165) is 5.56 Å². The van der Waals surface area contributed by atoms with Gasteiger partial charge >= 0.3 is 5.97 Å². The number of rotatable bonds is 3. The van der Waals surface area contributed by atoms with E-state index in [1.807, 2.05) is 31.2 Å². The van der Waals surface area contributed by atoms with Crippen molar-refractivity contribution in [3.05, 3.63) is 47.2 Å². The lowest BCUT2D eigenvalue weighted by atomic mass is 10.1. The van der Waals surface area contributed by atoms with E-state index in [4.69, 9.17) is 9.57 Å². The molecule has 100 valence electrons. The zero-order chi connectivity index (χ0) is 13.7. The van der Waals surface area contributed by atoms with E-state index in [2.05, 4.69) is 10.5 Å². The minimum atomic E-state index is -0.407. The van der Waals surface area contributed by atoms with Gasteiger partial charge in [0.2, 0.25) is 0 Å². The second-order valence-corrected chi connectivity index (χ2v) is 4.10. The third kappa shape index (κ3) is 3.66. The van der Waals surface area contributed by atoms with Gasteiger partial charge in [-0.3, -0.25) is 4.84 Å². The van der Waals surface area contributed by atoms with E-state index in [1.54, 1.807) is 6.92 Å². The first-order valence-corrected chi connectivity index (χ1v) is 6.10. The number of amidine groups is 1.